The van der Waals surface area contributed by atoms with Crippen molar-refractivity contribution in [3.05, 3.63) is 71.7 Å². The average molecular weight is 831 g/mol. The van der Waals surface area contributed by atoms with Crippen molar-refractivity contribution in [1.29, 1.82) is 0 Å². The summed E-state index contributed by atoms with van der Waals surface area (Å²) in [5, 5.41) is 7.41. The summed E-state index contributed by atoms with van der Waals surface area (Å²) in [5.74, 6) is 8.25. The van der Waals surface area contributed by atoms with E-state index in [4.69, 9.17) is 24.2 Å². The van der Waals surface area contributed by atoms with Gasteiger partial charge in [-0.1, -0.05) is 38.0 Å². The highest BCUT2D eigenvalue weighted by Crippen LogP contribution is 2.54. The molecule has 0 radical (unpaired) electrons. The second-order valence-electron chi connectivity index (χ2n) is 17.9. The first-order valence-corrected chi connectivity index (χ1v) is 21.6. The second-order valence-corrected chi connectivity index (χ2v) is 17.9. The van der Waals surface area contributed by atoms with E-state index < -0.39 is 24.3 Å². The molecule has 61 heavy (non-hydrogen) atoms. The zero-order chi connectivity index (χ0) is 42.7. The lowest BCUT2D eigenvalue weighted by Crippen LogP contribution is -2.55. The van der Waals surface area contributed by atoms with Gasteiger partial charge in [0.15, 0.2) is 6.10 Å². The molecule has 5 heterocycles. The van der Waals surface area contributed by atoms with E-state index in [2.05, 4.69) is 56.7 Å². The van der Waals surface area contributed by atoms with Crippen molar-refractivity contribution in [2.24, 2.45) is 23.7 Å². The number of alkyl carbamates (subject to hydrolysis) is 2. The summed E-state index contributed by atoms with van der Waals surface area (Å²) in [5.41, 5.74) is 3.33. The summed E-state index contributed by atoms with van der Waals surface area (Å²) in [4.78, 5) is 72.8. The second kappa shape index (κ2) is 16.2. The molecule has 4 amide bonds. The molecule has 2 aromatic carbocycles. The van der Waals surface area contributed by atoms with E-state index in [1.165, 1.54) is 14.2 Å². The van der Waals surface area contributed by atoms with Gasteiger partial charge in [0.25, 0.3) is 5.91 Å². The fourth-order valence-electron chi connectivity index (χ4n) is 10.1. The van der Waals surface area contributed by atoms with Crippen molar-refractivity contribution < 1.29 is 33.4 Å². The van der Waals surface area contributed by atoms with Crippen LogP contribution in [0.5, 0.6) is 0 Å². The summed E-state index contributed by atoms with van der Waals surface area (Å²) in [7, 11) is 2.80. The number of benzene rings is 2. The van der Waals surface area contributed by atoms with Crippen LogP contribution in [0.4, 0.5) is 9.59 Å². The number of imidazole rings is 2. The summed E-state index contributed by atoms with van der Waals surface area (Å²) < 4.78 is 16.4. The van der Waals surface area contributed by atoms with Crippen LogP contribution in [0, 0.1) is 35.5 Å². The lowest BCUT2D eigenvalue weighted by molar-refractivity contribution is -0.145. The van der Waals surface area contributed by atoms with Crippen LogP contribution < -0.4 is 10.6 Å². The van der Waals surface area contributed by atoms with Crippen molar-refractivity contribution in [3.63, 3.8) is 0 Å². The third-order valence-electron chi connectivity index (χ3n) is 13.2. The maximum Gasteiger partial charge on any atom is 0.407 e. The van der Waals surface area contributed by atoms with Gasteiger partial charge in [-0.15, -0.1) is 0 Å². The summed E-state index contributed by atoms with van der Waals surface area (Å²) in [6.45, 7) is 7.78. The van der Waals surface area contributed by atoms with E-state index in [9.17, 15) is 19.2 Å². The number of fused-ring (bicyclic) bond motifs is 3. The van der Waals surface area contributed by atoms with Gasteiger partial charge in [-0.25, -0.2) is 19.6 Å². The van der Waals surface area contributed by atoms with Crippen molar-refractivity contribution >= 4 is 34.8 Å². The number of carbonyl (C=O) groups is 4. The van der Waals surface area contributed by atoms with Crippen molar-refractivity contribution in [2.75, 3.05) is 14.2 Å². The number of aromatic nitrogens is 4. The first-order valence-electron chi connectivity index (χ1n) is 21.6. The third kappa shape index (κ3) is 8.05. The Morgan fingerprint density at radius 2 is 1.44 bits per heavy atom. The molecule has 5 fully saturated rings. The number of hydrogen-bond donors (Lipinski definition) is 4. The van der Waals surface area contributed by atoms with Crippen LogP contribution in [-0.2, 0) is 23.8 Å². The molecule has 5 aliphatic rings. The largest absolute Gasteiger partial charge is 0.453 e. The Morgan fingerprint density at radius 1 is 0.803 bits per heavy atom. The number of H-pyrrole nitrogens is 2. The lowest BCUT2D eigenvalue weighted by atomic mass is 9.85. The molecule has 320 valence electrons. The van der Waals surface area contributed by atoms with Crippen LogP contribution in [-0.4, -0.2) is 104 Å². The molecule has 15 heteroatoms. The standard InChI is InChI=1S/C46H54N8O7/c1-23(2)40(61-45(57)47-5)44(56)54-36-18-31(36)20-38(54)42-49-22-34(51-42)29-11-10-27-15-26(7-9-28(27)16-29)8-12-33-21-48-41(50-33)37-19-30-17-35(30)53(37)43(55)39(52-46(58)59-6)32-13-24(3)60-25(4)14-32/h7,9-11,15-16,21-25,30-32,35-40H,13-14,17-20H2,1-6H3,(H,47,57)(H,48,50)(H,49,51)(H,52,58)/t24-,25-,30+,31+,35+,36+,37-,38-,39-,40-/m0/s1. The zero-order valence-corrected chi connectivity index (χ0v) is 35.4. The van der Waals surface area contributed by atoms with Crippen molar-refractivity contribution in [2.45, 2.75) is 115 Å². The molecule has 4 N–H and O–H groups in total. The first kappa shape index (κ1) is 40.5. The number of rotatable bonds is 9. The average Bonchev–Trinajstić information content (AvgIpc) is 3.84. The van der Waals surface area contributed by atoms with Gasteiger partial charge in [0.05, 0.1) is 49.5 Å². The number of aromatic amines is 2. The molecule has 0 bridgehead atoms. The SMILES string of the molecule is CNC(=O)O[C@H](C(=O)N1[C@@H]2C[C@@H]2C[C@H]1c1ncc(-c2ccc3cc(C#Cc4cnc([C@@H]5C[C@H]6C[C@H]6N5C(=O)[C@@H](NC(=O)OC)C5C[C@H](C)O[C@@H](C)C5)[nH]4)ccc3c2)[nH]1)C(C)C. The third-order valence-corrected chi connectivity index (χ3v) is 13.2. The predicted octanol–water partition coefficient (Wildman–Crippen LogP) is 5.99. The molecule has 10 atom stereocenters. The predicted molar refractivity (Wildman–Crippen MR) is 225 cm³/mol. The summed E-state index contributed by atoms with van der Waals surface area (Å²) >= 11 is 0. The molecule has 3 aliphatic heterocycles. The van der Waals surface area contributed by atoms with Gasteiger partial charge >= 0.3 is 12.2 Å². The van der Waals surface area contributed by atoms with Crippen LogP contribution in [0.15, 0.2) is 48.8 Å². The number of methoxy groups -OCH3 is 1. The van der Waals surface area contributed by atoms with Crippen LogP contribution in [0.3, 0.4) is 0 Å². The highest BCUT2D eigenvalue weighted by Gasteiger charge is 2.58. The minimum Gasteiger partial charge on any atom is -0.453 e. The number of amides is 4. The molecule has 4 aromatic rings. The number of likely N-dealkylation sites (tertiary alicyclic amines) is 2. The fraction of sp³-hybridized carbons (Fsp3) is 0.522. The van der Waals surface area contributed by atoms with Crippen molar-refractivity contribution in [3.8, 4) is 23.1 Å². The van der Waals surface area contributed by atoms with Crippen LogP contribution in [0.25, 0.3) is 22.0 Å². The molecule has 0 spiro atoms. The number of hydrogen-bond acceptors (Lipinski definition) is 9. The molecular weight excluding hydrogens is 777 g/mol. The Hall–Kier alpha value is -5.88. The van der Waals surface area contributed by atoms with Gasteiger partial charge in [-0.3, -0.25) is 9.59 Å². The molecule has 2 saturated carbocycles. The van der Waals surface area contributed by atoms with Crippen molar-refractivity contribution in [1.82, 2.24) is 40.4 Å². The van der Waals surface area contributed by atoms with Crippen LogP contribution in [0.1, 0.15) is 101 Å². The summed E-state index contributed by atoms with van der Waals surface area (Å²) in [6, 6.07) is 11.4. The number of nitrogens with one attached hydrogen (secondary N) is 4. The minimum absolute atomic E-state index is 0.0167. The smallest absolute Gasteiger partial charge is 0.407 e. The van der Waals surface area contributed by atoms with Crippen LogP contribution >= 0.6 is 0 Å². The molecule has 0 unspecified atom stereocenters. The number of nitrogens with zero attached hydrogens (tertiary/aromatic N) is 4. The quantitative estimate of drug-likeness (QED) is 0.147. The Morgan fingerprint density at radius 3 is 2.11 bits per heavy atom. The molecule has 3 saturated heterocycles. The topological polar surface area (TPSA) is 184 Å². The number of ether oxygens (including phenoxy) is 3. The fourth-order valence-corrected chi connectivity index (χ4v) is 10.1. The normalized spacial score (nSPS) is 28.3. The van der Waals surface area contributed by atoms with E-state index >= 15 is 0 Å². The van der Waals surface area contributed by atoms with E-state index in [-0.39, 0.29) is 60.0 Å². The van der Waals surface area contributed by atoms with E-state index in [1.807, 2.05) is 55.8 Å². The summed E-state index contributed by atoms with van der Waals surface area (Å²) in [6.07, 6.45) is 6.28. The number of piperidine rings is 2. The minimum atomic E-state index is -0.873. The number of carbonyl (C=O) groups excluding carboxylic acids is 4. The first-order chi connectivity index (χ1) is 29.4. The zero-order valence-electron chi connectivity index (χ0n) is 35.4. The highest BCUT2D eigenvalue weighted by atomic mass is 16.6. The Bertz CT molecular complexity index is 2410. The van der Waals surface area contributed by atoms with Gasteiger partial charge in [-0.05, 0) is 111 Å². The van der Waals surface area contributed by atoms with Gasteiger partial charge < -0.3 is 44.6 Å². The lowest BCUT2D eigenvalue weighted by Gasteiger charge is -2.38. The maximum atomic E-state index is 14.3. The molecule has 15 nitrogen and oxygen atoms in total. The van der Waals surface area contributed by atoms with Gasteiger partial charge in [0.1, 0.15) is 23.4 Å². The molecule has 2 aliphatic carbocycles. The highest BCUT2D eigenvalue weighted by molar-refractivity contribution is 5.89. The van der Waals surface area contributed by atoms with Crippen LogP contribution in [0.2, 0.25) is 0 Å². The molecule has 2 aromatic heterocycles. The molecule has 9 rings (SSSR count). The Labute approximate surface area is 355 Å². The van der Waals surface area contributed by atoms with E-state index in [1.54, 1.807) is 6.20 Å². The Balaban J connectivity index is 0.881. The van der Waals surface area contributed by atoms with Gasteiger partial charge in [-0.2, -0.15) is 0 Å². The van der Waals surface area contributed by atoms with E-state index in [0.717, 1.165) is 59.1 Å². The maximum absolute atomic E-state index is 14.3. The van der Waals surface area contributed by atoms with Gasteiger partial charge in [0, 0.05) is 30.3 Å². The Kier molecular flexibility index (Phi) is 10.8. The van der Waals surface area contributed by atoms with Gasteiger partial charge in [0.2, 0.25) is 5.91 Å². The molecular formula is C46H54N8O7. The monoisotopic (exact) mass is 830 g/mol. The van der Waals surface area contributed by atoms with E-state index in [0.29, 0.717) is 36.2 Å².